The molecule has 0 bridgehead atoms. The van der Waals surface area contributed by atoms with Gasteiger partial charge >= 0.3 is 0 Å². The molecule has 0 aromatic heterocycles. The second-order valence-electron chi connectivity index (χ2n) is 4.67. The third kappa shape index (κ3) is 3.60. The highest BCUT2D eigenvalue weighted by molar-refractivity contribution is 5.94. The molecule has 0 spiro atoms. The average molecular weight is 302 g/mol. The molecule has 6 nitrogen and oxygen atoms in total. The number of anilines is 2. The predicted molar refractivity (Wildman–Crippen MR) is 84.4 cm³/mol. The molecule has 0 aliphatic carbocycles. The zero-order chi connectivity index (χ0) is 16.1. The number of ether oxygens (including phenoxy) is 2. The Bertz CT molecular complexity index is 686. The Kier molecular flexibility index (Phi) is 4.73. The molecule has 2 aromatic carbocycles. The van der Waals surface area contributed by atoms with Gasteiger partial charge in [-0.3, -0.25) is 4.79 Å². The molecule has 116 valence electrons. The number of aromatic hydroxyl groups is 1. The van der Waals surface area contributed by atoms with Crippen molar-refractivity contribution in [3.05, 3.63) is 42.0 Å². The van der Waals surface area contributed by atoms with Crippen LogP contribution in [0, 0.1) is 0 Å². The number of amides is 1. The van der Waals surface area contributed by atoms with Crippen molar-refractivity contribution in [3.8, 4) is 17.2 Å². The van der Waals surface area contributed by atoms with Gasteiger partial charge in [-0.15, -0.1) is 0 Å². The number of nitrogens with one attached hydrogen (secondary N) is 1. The van der Waals surface area contributed by atoms with Crippen LogP contribution in [-0.2, 0) is 11.2 Å². The van der Waals surface area contributed by atoms with Gasteiger partial charge in [-0.25, -0.2) is 0 Å². The topological polar surface area (TPSA) is 93.8 Å². The van der Waals surface area contributed by atoms with Gasteiger partial charge in [-0.05, 0) is 35.9 Å². The van der Waals surface area contributed by atoms with Crippen molar-refractivity contribution >= 4 is 17.3 Å². The summed E-state index contributed by atoms with van der Waals surface area (Å²) in [6.07, 6.45) is 0.0510. The van der Waals surface area contributed by atoms with E-state index in [-0.39, 0.29) is 18.1 Å². The summed E-state index contributed by atoms with van der Waals surface area (Å²) in [5.74, 6) is 0.934. The van der Waals surface area contributed by atoms with Gasteiger partial charge in [-0.2, -0.15) is 0 Å². The van der Waals surface area contributed by atoms with E-state index in [1.807, 2.05) is 0 Å². The van der Waals surface area contributed by atoms with E-state index < -0.39 is 0 Å². The van der Waals surface area contributed by atoms with Crippen LogP contribution in [0.3, 0.4) is 0 Å². The van der Waals surface area contributed by atoms with Crippen molar-refractivity contribution in [1.29, 1.82) is 0 Å². The average Bonchev–Trinajstić information content (AvgIpc) is 2.51. The lowest BCUT2D eigenvalue weighted by atomic mass is 10.1. The highest BCUT2D eigenvalue weighted by atomic mass is 16.5. The van der Waals surface area contributed by atoms with Crippen molar-refractivity contribution in [2.24, 2.45) is 0 Å². The minimum absolute atomic E-state index is 0.0510. The van der Waals surface area contributed by atoms with E-state index in [9.17, 15) is 9.90 Å². The Hall–Kier alpha value is -2.89. The van der Waals surface area contributed by atoms with Gasteiger partial charge in [0.15, 0.2) is 0 Å². The van der Waals surface area contributed by atoms with Crippen LogP contribution in [0.15, 0.2) is 36.4 Å². The summed E-state index contributed by atoms with van der Waals surface area (Å²) >= 11 is 0. The zero-order valence-electron chi connectivity index (χ0n) is 12.4. The molecule has 0 heterocycles. The number of nitrogens with two attached hydrogens (primary N) is 1. The second-order valence-corrected chi connectivity index (χ2v) is 4.67. The summed E-state index contributed by atoms with van der Waals surface area (Å²) in [7, 11) is 3.06. The lowest BCUT2D eigenvalue weighted by molar-refractivity contribution is -0.115. The van der Waals surface area contributed by atoms with E-state index in [2.05, 4.69) is 5.32 Å². The number of benzene rings is 2. The number of phenolic OH excluding ortho intramolecular Hbond substituents is 1. The van der Waals surface area contributed by atoms with Gasteiger partial charge in [0, 0.05) is 11.8 Å². The van der Waals surface area contributed by atoms with Crippen LogP contribution in [0.1, 0.15) is 5.56 Å². The fourth-order valence-electron chi connectivity index (χ4n) is 2.01. The molecule has 2 rings (SSSR count). The number of phenols is 1. The summed E-state index contributed by atoms with van der Waals surface area (Å²) in [6.45, 7) is 0. The Morgan fingerprint density at radius 3 is 2.64 bits per heavy atom. The number of hydrogen-bond donors (Lipinski definition) is 3. The molecule has 0 fully saturated rings. The van der Waals surface area contributed by atoms with Gasteiger partial charge < -0.3 is 25.6 Å². The molecule has 0 saturated heterocycles. The fourth-order valence-corrected chi connectivity index (χ4v) is 2.01. The summed E-state index contributed by atoms with van der Waals surface area (Å²) in [6, 6.07) is 9.61. The van der Waals surface area contributed by atoms with Gasteiger partial charge in [0.05, 0.1) is 26.3 Å². The highest BCUT2D eigenvalue weighted by Gasteiger charge is 2.11. The van der Waals surface area contributed by atoms with Crippen LogP contribution in [0.25, 0.3) is 0 Å². The number of carbonyl (C=O) groups excluding carboxylic acids is 1. The number of rotatable bonds is 5. The van der Waals surface area contributed by atoms with E-state index in [0.717, 1.165) is 0 Å². The largest absolute Gasteiger partial charge is 0.508 e. The first-order valence-electron chi connectivity index (χ1n) is 6.62. The molecule has 4 N–H and O–H groups in total. The monoisotopic (exact) mass is 302 g/mol. The van der Waals surface area contributed by atoms with E-state index in [1.54, 1.807) is 31.4 Å². The highest BCUT2D eigenvalue weighted by Crippen LogP contribution is 2.29. The van der Waals surface area contributed by atoms with E-state index in [1.165, 1.54) is 19.2 Å². The lowest BCUT2D eigenvalue weighted by Crippen LogP contribution is -2.16. The Morgan fingerprint density at radius 1 is 1.18 bits per heavy atom. The molecule has 0 radical (unpaired) electrons. The Balaban J connectivity index is 2.13. The second kappa shape index (κ2) is 6.71. The minimum Gasteiger partial charge on any atom is -0.508 e. The van der Waals surface area contributed by atoms with E-state index in [0.29, 0.717) is 28.4 Å². The van der Waals surface area contributed by atoms with Gasteiger partial charge in [0.1, 0.15) is 17.2 Å². The molecule has 0 unspecified atom stereocenters. The molecule has 0 aliphatic rings. The third-order valence-electron chi connectivity index (χ3n) is 3.16. The predicted octanol–water partition coefficient (Wildman–Crippen LogP) is 2.17. The number of methoxy groups -OCH3 is 2. The maximum atomic E-state index is 12.1. The maximum absolute atomic E-state index is 12.1. The third-order valence-corrected chi connectivity index (χ3v) is 3.16. The molecule has 6 heteroatoms. The number of carbonyl (C=O) groups is 1. The molecule has 0 aliphatic heterocycles. The smallest absolute Gasteiger partial charge is 0.228 e. The molecule has 22 heavy (non-hydrogen) atoms. The summed E-state index contributed by atoms with van der Waals surface area (Å²) in [4.78, 5) is 12.1. The number of nitrogen functional groups attached to an aromatic ring is 1. The van der Waals surface area contributed by atoms with Crippen molar-refractivity contribution in [2.75, 3.05) is 25.3 Å². The SMILES string of the molecule is COc1ccc(NC(=O)Cc2cc(O)ccc2N)c(OC)c1. The van der Waals surface area contributed by atoms with Crippen LogP contribution >= 0.6 is 0 Å². The first-order valence-corrected chi connectivity index (χ1v) is 6.62. The molecule has 2 aromatic rings. The molecule has 0 saturated carbocycles. The van der Waals surface area contributed by atoms with E-state index in [4.69, 9.17) is 15.2 Å². The number of hydrogen-bond acceptors (Lipinski definition) is 5. The molecule has 1 amide bonds. The standard InChI is InChI=1S/C16H18N2O4/c1-21-12-4-6-14(15(9-12)22-2)18-16(20)8-10-7-11(19)3-5-13(10)17/h3-7,9,19H,8,17H2,1-2H3,(H,18,20). The first-order chi connectivity index (χ1) is 10.5. The summed E-state index contributed by atoms with van der Waals surface area (Å²) in [5.41, 5.74) is 7.34. The van der Waals surface area contributed by atoms with Crippen LogP contribution < -0.4 is 20.5 Å². The van der Waals surface area contributed by atoms with Crippen molar-refractivity contribution in [1.82, 2.24) is 0 Å². The maximum Gasteiger partial charge on any atom is 0.228 e. The minimum atomic E-state index is -0.263. The Morgan fingerprint density at radius 2 is 1.95 bits per heavy atom. The van der Waals surface area contributed by atoms with Crippen molar-refractivity contribution in [3.63, 3.8) is 0 Å². The lowest BCUT2D eigenvalue weighted by Gasteiger charge is -2.12. The zero-order valence-corrected chi connectivity index (χ0v) is 12.4. The molecular formula is C16H18N2O4. The van der Waals surface area contributed by atoms with Crippen molar-refractivity contribution in [2.45, 2.75) is 6.42 Å². The molecular weight excluding hydrogens is 284 g/mol. The Labute approximate surface area is 128 Å². The normalized spacial score (nSPS) is 10.1. The van der Waals surface area contributed by atoms with E-state index >= 15 is 0 Å². The summed E-state index contributed by atoms with van der Waals surface area (Å²) < 4.78 is 10.3. The van der Waals surface area contributed by atoms with Gasteiger partial charge in [0.2, 0.25) is 5.91 Å². The van der Waals surface area contributed by atoms with Gasteiger partial charge in [0.25, 0.3) is 0 Å². The quantitative estimate of drug-likeness (QED) is 0.581. The molecule has 0 atom stereocenters. The first kappa shape index (κ1) is 15.5. The van der Waals surface area contributed by atoms with Crippen molar-refractivity contribution < 1.29 is 19.4 Å². The van der Waals surface area contributed by atoms with Crippen LogP contribution in [-0.4, -0.2) is 25.2 Å². The van der Waals surface area contributed by atoms with Crippen LogP contribution in [0.5, 0.6) is 17.2 Å². The van der Waals surface area contributed by atoms with Gasteiger partial charge in [-0.1, -0.05) is 0 Å². The fraction of sp³-hybridized carbons (Fsp3) is 0.188. The summed E-state index contributed by atoms with van der Waals surface area (Å²) in [5, 5.41) is 12.2. The van der Waals surface area contributed by atoms with Crippen LogP contribution in [0.4, 0.5) is 11.4 Å². The van der Waals surface area contributed by atoms with Crippen LogP contribution in [0.2, 0.25) is 0 Å².